The number of rotatable bonds is 7. The summed E-state index contributed by atoms with van der Waals surface area (Å²) in [6.07, 6.45) is 1.06. The van der Waals surface area contributed by atoms with Crippen molar-refractivity contribution >= 4 is 33.7 Å². The van der Waals surface area contributed by atoms with E-state index in [0.717, 1.165) is 18.0 Å². The number of nitrogens with zero attached hydrogens (tertiary/aromatic N) is 3. The van der Waals surface area contributed by atoms with Crippen molar-refractivity contribution < 1.29 is 18.3 Å². The Labute approximate surface area is 121 Å². The molecular weight excluding hydrogens is 306 g/mol. The van der Waals surface area contributed by atoms with E-state index in [4.69, 9.17) is 10.8 Å². The van der Waals surface area contributed by atoms with Crippen molar-refractivity contribution in [3.63, 3.8) is 0 Å². The van der Waals surface area contributed by atoms with E-state index in [2.05, 4.69) is 14.9 Å². The van der Waals surface area contributed by atoms with E-state index in [0.29, 0.717) is 5.16 Å². The van der Waals surface area contributed by atoms with Crippen LogP contribution in [0.3, 0.4) is 0 Å². The number of nitrogens with one attached hydrogen (secondary N) is 1. The minimum Gasteiger partial charge on any atom is -0.481 e. The molecule has 0 aliphatic rings. The first-order valence-electron chi connectivity index (χ1n) is 5.52. The van der Waals surface area contributed by atoms with Crippen LogP contribution < -0.4 is 10.5 Å². The fourth-order valence-corrected chi connectivity index (χ4v) is 3.34. The Balaban J connectivity index is 2.91. The van der Waals surface area contributed by atoms with E-state index in [-0.39, 0.29) is 18.2 Å². The number of aliphatic carboxylic acids is 1. The smallest absolute Gasteiger partial charge is 0.313 e. The molecule has 0 radical (unpaired) electrons. The van der Waals surface area contributed by atoms with Crippen LogP contribution in [0.1, 0.15) is 13.8 Å². The number of anilines is 1. The van der Waals surface area contributed by atoms with Crippen LogP contribution in [0.2, 0.25) is 0 Å². The quantitative estimate of drug-likeness (QED) is 0.563. The Hall–Kier alpha value is -1.33. The first kappa shape index (κ1) is 16.7. The molecule has 0 saturated carbocycles. The van der Waals surface area contributed by atoms with E-state index in [1.165, 1.54) is 4.57 Å². The summed E-state index contributed by atoms with van der Waals surface area (Å²) in [6.45, 7) is 3.54. The third-order valence-corrected chi connectivity index (χ3v) is 3.96. The summed E-state index contributed by atoms with van der Waals surface area (Å²) in [5.41, 5.74) is 4.85. The zero-order valence-electron chi connectivity index (χ0n) is 11.3. The number of carboxylic acid groups (broad SMARTS) is 1. The lowest BCUT2D eigenvalue weighted by Gasteiger charge is -2.26. The van der Waals surface area contributed by atoms with Crippen molar-refractivity contribution in [2.75, 3.05) is 17.7 Å². The summed E-state index contributed by atoms with van der Waals surface area (Å²) in [5, 5.41) is 16.4. The molecule has 0 bridgehead atoms. The van der Waals surface area contributed by atoms with Crippen LogP contribution >= 0.6 is 11.8 Å². The van der Waals surface area contributed by atoms with Crippen molar-refractivity contribution in [3.05, 3.63) is 0 Å². The molecule has 1 rings (SSSR count). The molecule has 0 aliphatic carbocycles. The Bertz CT molecular complexity index is 595. The number of thioether (sulfide) groups is 1. The predicted molar refractivity (Wildman–Crippen MR) is 74.9 cm³/mol. The van der Waals surface area contributed by atoms with E-state index in [1.807, 2.05) is 0 Å². The van der Waals surface area contributed by atoms with Crippen molar-refractivity contribution in [1.29, 1.82) is 0 Å². The van der Waals surface area contributed by atoms with Gasteiger partial charge in [-0.3, -0.25) is 9.36 Å². The molecule has 0 spiro atoms. The molecule has 0 saturated heterocycles. The van der Waals surface area contributed by atoms with Gasteiger partial charge in [0.2, 0.25) is 16.0 Å². The van der Waals surface area contributed by atoms with Crippen LogP contribution in [0.15, 0.2) is 5.16 Å². The molecule has 114 valence electrons. The number of aromatic nitrogens is 3. The van der Waals surface area contributed by atoms with E-state index in [1.54, 1.807) is 13.8 Å². The molecule has 1 heterocycles. The minimum atomic E-state index is -3.38. The zero-order valence-corrected chi connectivity index (χ0v) is 13.0. The van der Waals surface area contributed by atoms with Gasteiger partial charge < -0.3 is 10.8 Å². The SMILES string of the molecule is CC(C)(Cn1c(N)nnc1SCC(=O)O)NS(C)(=O)=O. The number of carbonyl (C=O) groups is 1. The number of nitrogen functional groups attached to an aromatic ring is 1. The minimum absolute atomic E-state index is 0.0984. The van der Waals surface area contributed by atoms with Gasteiger partial charge in [0.25, 0.3) is 0 Å². The van der Waals surface area contributed by atoms with Gasteiger partial charge in [0.1, 0.15) is 0 Å². The lowest BCUT2D eigenvalue weighted by molar-refractivity contribution is -0.133. The molecule has 0 unspecified atom stereocenters. The van der Waals surface area contributed by atoms with Crippen molar-refractivity contribution in [1.82, 2.24) is 19.5 Å². The highest BCUT2D eigenvalue weighted by Gasteiger charge is 2.25. The molecule has 0 atom stereocenters. The Morgan fingerprint density at radius 2 is 2.10 bits per heavy atom. The fourth-order valence-electron chi connectivity index (χ4n) is 1.61. The predicted octanol–water partition coefficient (Wildman–Crippen LogP) is -0.635. The lowest BCUT2D eigenvalue weighted by atomic mass is 10.1. The first-order chi connectivity index (χ1) is 9.00. The summed E-state index contributed by atoms with van der Waals surface area (Å²) < 4.78 is 26.5. The lowest BCUT2D eigenvalue weighted by Crippen LogP contribution is -2.46. The number of nitrogens with two attached hydrogens (primary N) is 1. The van der Waals surface area contributed by atoms with Crippen LogP contribution in [0.4, 0.5) is 5.95 Å². The number of hydrogen-bond donors (Lipinski definition) is 3. The summed E-state index contributed by atoms with van der Waals surface area (Å²) in [4.78, 5) is 10.6. The molecule has 0 amide bonds. The Kier molecular flexibility index (Phi) is 5.00. The highest BCUT2D eigenvalue weighted by atomic mass is 32.2. The van der Waals surface area contributed by atoms with E-state index in [9.17, 15) is 13.2 Å². The van der Waals surface area contributed by atoms with Gasteiger partial charge in [-0.05, 0) is 13.8 Å². The topological polar surface area (TPSA) is 140 Å². The number of carboxylic acids is 1. The molecular formula is C9H17N5O4S2. The average molecular weight is 323 g/mol. The summed E-state index contributed by atoms with van der Waals surface area (Å²) >= 11 is 0.967. The largest absolute Gasteiger partial charge is 0.481 e. The van der Waals surface area contributed by atoms with Crippen LogP contribution in [-0.4, -0.2) is 51.8 Å². The number of hydrogen-bond acceptors (Lipinski definition) is 7. The maximum atomic E-state index is 11.3. The highest BCUT2D eigenvalue weighted by molar-refractivity contribution is 7.99. The van der Waals surface area contributed by atoms with Gasteiger partial charge in [-0.2, -0.15) is 0 Å². The molecule has 11 heteroatoms. The molecule has 0 aromatic carbocycles. The van der Waals surface area contributed by atoms with Gasteiger partial charge in [0, 0.05) is 12.1 Å². The molecule has 9 nitrogen and oxygen atoms in total. The number of sulfonamides is 1. The highest BCUT2D eigenvalue weighted by Crippen LogP contribution is 2.21. The van der Waals surface area contributed by atoms with Gasteiger partial charge in [-0.25, -0.2) is 13.1 Å². The summed E-state index contributed by atoms with van der Waals surface area (Å²) in [5.74, 6) is -1.07. The summed E-state index contributed by atoms with van der Waals surface area (Å²) in [6, 6.07) is 0. The molecule has 20 heavy (non-hydrogen) atoms. The maximum absolute atomic E-state index is 11.3. The van der Waals surface area contributed by atoms with Crippen molar-refractivity contribution in [2.24, 2.45) is 0 Å². The van der Waals surface area contributed by atoms with E-state index < -0.39 is 21.5 Å². The second kappa shape index (κ2) is 5.97. The summed E-state index contributed by atoms with van der Waals surface area (Å²) in [7, 11) is -3.38. The van der Waals surface area contributed by atoms with Gasteiger partial charge in [-0.15, -0.1) is 10.2 Å². The molecule has 4 N–H and O–H groups in total. The van der Waals surface area contributed by atoms with Gasteiger partial charge >= 0.3 is 5.97 Å². The monoisotopic (exact) mass is 323 g/mol. The normalized spacial score (nSPS) is 12.6. The average Bonchev–Trinajstić information content (AvgIpc) is 2.53. The molecule has 1 aromatic rings. The van der Waals surface area contributed by atoms with Gasteiger partial charge in [-0.1, -0.05) is 11.8 Å². The van der Waals surface area contributed by atoms with Crippen LogP contribution in [0.5, 0.6) is 0 Å². The van der Waals surface area contributed by atoms with Gasteiger partial charge in [0.15, 0.2) is 5.16 Å². The van der Waals surface area contributed by atoms with Crippen LogP contribution in [0.25, 0.3) is 0 Å². The molecule has 0 fully saturated rings. The maximum Gasteiger partial charge on any atom is 0.313 e. The standard InChI is InChI=1S/C9H17N5O4S2/c1-9(2,13-20(3,17)18)5-14-7(10)11-12-8(14)19-4-6(15)16/h13H,4-5H2,1-3H3,(H2,10,11)(H,15,16). The third-order valence-electron chi connectivity index (χ3n) is 2.09. The second-order valence-electron chi connectivity index (χ2n) is 4.87. The van der Waals surface area contributed by atoms with Crippen LogP contribution in [-0.2, 0) is 21.4 Å². The zero-order chi connectivity index (χ0) is 15.6. The first-order valence-corrected chi connectivity index (χ1v) is 8.40. The van der Waals surface area contributed by atoms with E-state index >= 15 is 0 Å². The molecule has 0 aliphatic heterocycles. The van der Waals surface area contributed by atoms with Gasteiger partial charge in [0.05, 0.1) is 12.0 Å². The van der Waals surface area contributed by atoms with Crippen LogP contribution in [0, 0.1) is 0 Å². The molecule has 1 aromatic heterocycles. The Morgan fingerprint density at radius 3 is 2.60 bits per heavy atom. The fraction of sp³-hybridized carbons (Fsp3) is 0.667. The second-order valence-corrected chi connectivity index (χ2v) is 7.56. The van der Waals surface area contributed by atoms with Crippen molar-refractivity contribution in [2.45, 2.75) is 31.1 Å². The Morgan fingerprint density at radius 1 is 1.50 bits per heavy atom. The third kappa shape index (κ3) is 5.35. The van der Waals surface area contributed by atoms with Crippen molar-refractivity contribution in [3.8, 4) is 0 Å².